The van der Waals surface area contributed by atoms with Gasteiger partial charge >= 0.3 is 0 Å². The minimum absolute atomic E-state index is 0.0273. The average Bonchev–Trinajstić information content (AvgIpc) is 2.63. The van der Waals surface area contributed by atoms with E-state index in [1.165, 1.54) is 0 Å². The van der Waals surface area contributed by atoms with Gasteiger partial charge in [0.1, 0.15) is 6.10 Å². The van der Waals surface area contributed by atoms with Gasteiger partial charge in [-0.1, -0.05) is 28.1 Å². The first kappa shape index (κ1) is 17.9. The number of aliphatic hydroxyl groups is 1. The van der Waals surface area contributed by atoms with Crippen LogP contribution in [0.1, 0.15) is 31.2 Å². The topological polar surface area (TPSA) is 67.8 Å². The number of aliphatic hydroxyl groups excluding tert-OH is 1. The number of ether oxygens (including phenoxy) is 2. The Balaban J connectivity index is 1.76. The molecule has 2 aliphatic rings. The van der Waals surface area contributed by atoms with Gasteiger partial charge in [-0.25, -0.2) is 0 Å². The zero-order valence-corrected chi connectivity index (χ0v) is 15.3. The zero-order valence-electron chi connectivity index (χ0n) is 13.7. The predicted molar refractivity (Wildman–Crippen MR) is 93.6 cm³/mol. The van der Waals surface area contributed by atoms with Crippen molar-refractivity contribution in [1.82, 2.24) is 5.32 Å². The summed E-state index contributed by atoms with van der Waals surface area (Å²) in [5.41, 5.74) is 0.587. The Morgan fingerprint density at radius 2 is 1.71 bits per heavy atom. The largest absolute Gasteiger partial charge is 0.383 e. The molecule has 6 heteroatoms. The lowest BCUT2D eigenvalue weighted by Crippen LogP contribution is -2.54. The molecule has 0 unspecified atom stereocenters. The average molecular weight is 398 g/mol. The first-order chi connectivity index (χ1) is 11.6. The number of carbonyl (C=O) groups is 1. The highest BCUT2D eigenvalue weighted by Crippen LogP contribution is 2.33. The van der Waals surface area contributed by atoms with E-state index in [-0.39, 0.29) is 11.8 Å². The first-order valence-corrected chi connectivity index (χ1v) is 9.32. The van der Waals surface area contributed by atoms with Gasteiger partial charge in [-0.3, -0.25) is 4.79 Å². The molecule has 1 atom stereocenters. The van der Waals surface area contributed by atoms with Crippen LogP contribution >= 0.6 is 15.9 Å². The Morgan fingerprint density at radius 1 is 1.12 bits per heavy atom. The molecule has 3 rings (SSSR count). The highest BCUT2D eigenvalue weighted by Gasteiger charge is 2.38. The maximum absolute atomic E-state index is 12.7. The van der Waals surface area contributed by atoms with Crippen LogP contribution in [0.3, 0.4) is 0 Å². The summed E-state index contributed by atoms with van der Waals surface area (Å²) < 4.78 is 11.8. The molecular weight excluding hydrogens is 374 g/mol. The molecule has 1 aromatic rings. The number of benzene rings is 1. The van der Waals surface area contributed by atoms with Crippen LogP contribution in [0, 0.1) is 5.92 Å². The van der Waals surface area contributed by atoms with Crippen molar-refractivity contribution in [3.05, 3.63) is 34.3 Å². The van der Waals surface area contributed by atoms with E-state index in [1.807, 2.05) is 24.3 Å². The van der Waals surface area contributed by atoms with Crippen LogP contribution in [0.2, 0.25) is 0 Å². The van der Waals surface area contributed by atoms with Gasteiger partial charge in [-0.15, -0.1) is 0 Å². The normalized spacial score (nSPS) is 22.8. The van der Waals surface area contributed by atoms with Crippen LogP contribution in [0.25, 0.3) is 0 Å². The van der Waals surface area contributed by atoms with Crippen molar-refractivity contribution in [3.8, 4) is 0 Å². The molecule has 0 aliphatic carbocycles. The quantitative estimate of drug-likeness (QED) is 0.817. The van der Waals surface area contributed by atoms with E-state index >= 15 is 0 Å². The van der Waals surface area contributed by atoms with Gasteiger partial charge in [0, 0.05) is 30.9 Å². The molecule has 2 aliphatic heterocycles. The predicted octanol–water partition coefficient (Wildman–Crippen LogP) is 2.36. The lowest BCUT2D eigenvalue weighted by molar-refractivity contribution is -0.137. The van der Waals surface area contributed by atoms with Crippen molar-refractivity contribution < 1.29 is 19.4 Å². The first-order valence-electron chi connectivity index (χ1n) is 8.52. The summed E-state index contributed by atoms with van der Waals surface area (Å²) >= 11 is 3.45. The highest BCUT2D eigenvalue weighted by molar-refractivity contribution is 9.10. The summed E-state index contributed by atoms with van der Waals surface area (Å²) in [6.45, 7) is 2.43. The number of carbonyl (C=O) groups excluding carboxylic acids is 1. The van der Waals surface area contributed by atoms with E-state index in [9.17, 15) is 9.90 Å². The molecule has 5 nitrogen and oxygen atoms in total. The fourth-order valence-corrected chi connectivity index (χ4v) is 3.79. The fraction of sp³-hybridized carbons (Fsp3) is 0.611. The van der Waals surface area contributed by atoms with Crippen molar-refractivity contribution >= 4 is 21.8 Å². The van der Waals surface area contributed by atoms with Gasteiger partial charge in [-0.2, -0.15) is 0 Å². The smallest absolute Gasteiger partial charge is 0.249 e. The Hall–Kier alpha value is -0.950. The number of hydrogen-bond acceptors (Lipinski definition) is 4. The third-order valence-electron chi connectivity index (χ3n) is 5.09. The summed E-state index contributed by atoms with van der Waals surface area (Å²) in [4.78, 5) is 12.7. The molecule has 1 amide bonds. The van der Waals surface area contributed by atoms with Crippen molar-refractivity contribution in [2.24, 2.45) is 5.92 Å². The van der Waals surface area contributed by atoms with Gasteiger partial charge in [0.05, 0.1) is 5.54 Å². The summed E-state index contributed by atoms with van der Waals surface area (Å²) in [6.07, 6.45) is 1.89. The monoisotopic (exact) mass is 397 g/mol. The van der Waals surface area contributed by atoms with Gasteiger partial charge in [0.2, 0.25) is 5.91 Å². The van der Waals surface area contributed by atoms with Gasteiger partial charge in [-0.05, 0) is 49.3 Å². The minimum Gasteiger partial charge on any atom is -0.383 e. The van der Waals surface area contributed by atoms with E-state index in [4.69, 9.17) is 9.47 Å². The molecule has 132 valence electrons. The van der Waals surface area contributed by atoms with Crippen LogP contribution in [0.4, 0.5) is 0 Å². The molecule has 0 bridgehead atoms. The van der Waals surface area contributed by atoms with Gasteiger partial charge in [0.15, 0.2) is 0 Å². The van der Waals surface area contributed by atoms with Crippen LogP contribution in [-0.2, 0) is 19.8 Å². The number of halogens is 1. The van der Waals surface area contributed by atoms with E-state index in [0.29, 0.717) is 39.3 Å². The van der Waals surface area contributed by atoms with Crippen LogP contribution < -0.4 is 5.32 Å². The lowest BCUT2D eigenvalue weighted by Gasteiger charge is -2.40. The van der Waals surface area contributed by atoms with Crippen LogP contribution in [0.5, 0.6) is 0 Å². The number of amides is 1. The number of hydrogen-bond donors (Lipinski definition) is 2. The fourth-order valence-electron chi connectivity index (χ4n) is 3.53. The van der Waals surface area contributed by atoms with E-state index in [2.05, 4.69) is 21.2 Å². The van der Waals surface area contributed by atoms with Crippen molar-refractivity contribution in [3.63, 3.8) is 0 Å². The summed E-state index contributed by atoms with van der Waals surface area (Å²) in [6, 6.07) is 8.01. The van der Waals surface area contributed by atoms with E-state index in [1.54, 1.807) is 0 Å². The maximum atomic E-state index is 12.7. The molecule has 0 aromatic heterocycles. The Kier molecular flexibility index (Phi) is 5.92. The second-order valence-corrected chi connectivity index (χ2v) is 7.50. The highest BCUT2D eigenvalue weighted by atomic mass is 79.9. The Morgan fingerprint density at radius 3 is 2.33 bits per heavy atom. The molecule has 0 saturated carbocycles. The Bertz CT molecular complexity index is 551. The standard InChI is InChI=1S/C18H24BrNO4/c19-15-3-1-14(2-4-15)18(7-11-24-12-8-18)20-17(22)16(21)13-5-9-23-10-6-13/h1-4,13,16,21H,5-12H2,(H,20,22)/t16-/m0/s1. The number of nitrogens with one attached hydrogen (secondary N) is 1. The third-order valence-corrected chi connectivity index (χ3v) is 5.62. The summed E-state index contributed by atoms with van der Waals surface area (Å²) in [5, 5.41) is 13.6. The SMILES string of the molecule is O=C(NC1(c2ccc(Br)cc2)CCOCC1)[C@@H](O)C1CCOCC1. The summed E-state index contributed by atoms with van der Waals surface area (Å²) in [5.74, 6) is -0.313. The van der Waals surface area contributed by atoms with Gasteiger partial charge in [0.25, 0.3) is 0 Å². The second-order valence-electron chi connectivity index (χ2n) is 6.59. The molecular formula is C18H24BrNO4. The molecule has 2 fully saturated rings. The van der Waals surface area contributed by atoms with Crippen LogP contribution in [0.15, 0.2) is 28.7 Å². The molecule has 24 heavy (non-hydrogen) atoms. The second kappa shape index (κ2) is 7.95. The molecule has 2 heterocycles. The molecule has 2 N–H and O–H groups in total. The summed E-state index contributed by atoms with van der Waals surface area (Å²) in [7, 11) is 0. The Labute approximate surface area is 150 Å². The molecule has 2 saturated heterocycles. The maximum Gasteiger partial charge on any atom is 0.249 e. The molecule has 0 radical (unpaired) electrons. The van der Waals surface area contributed by atoms with Crippen LogP contribution in [-0.4, -0.2) is 43.5 Å². The van der Waals surface area contributed by atoms with Gasteiger partial charge < -0.3 is 19.9 Å². The molecule has 1 aromatic carbocycles. The van der Waals surface area contributed by atoms with Crippen molar-refractivity contribution in [2.45, 2.75) is 37.3 Å². The van der Waals surface area contributed by atoms with E-state index in [0.717, 1.165) is 22.9 Å². The van der Waals surface area contributed by atoms with Crippen molar-refractivity contribution in [1.29, 1.82) is 0 Å². The van der Waals surface area contributed by atoms with E-state index < -0.39 is 11.6 Å². The lowest BCUT2D eigenvalue weighted by atomic mass is 9.82. The third kappa shape index (κ3) is 3.99. The number of rotatable bonds is 4. The zero-order chi connectivity index (χ0) is 17.0. The minimum atomic E-state index is -0.982. The van der Waals surface area contributed by atoms with Crippen molar-refractivity contribution in [2.75, 3.05) is 26.4 Å². The molecule has 0 spiro atoms.